The molecule has 0 saturated carbocycles. The van der Waals surface area contributed by atoms with Gasteiger partial charge in [-0.05, 0) is 36.8 Å². The molecule has 0 bridgehead atoms. The van der Waals surface area contributed by atoms with Crippen LogP contribution in [0.3, 0.4) is 0 Å². The van der Waals surface area contributed by atoms with Gasteiger partial charge in [-0.1, -0.05) is 6.07 Å². The van der Waals surface area contributed by atoms with Crippen molar-refractivity contribution < 1.29 is 18.7 Å². The number of piperidine rings is 1. The topological polar surface area (TPSA) is 71.5 Å². The van der Waals surface area contributed by atoms with Crippen LogP contribution < -0.4 is 10.1 Å². The van der Waals surface area contributed by atoms with Crippen molar-refractivity contribution in [2.75, 3.05) is 25.5 Å². The molecule has 0 aliphatic carbocycles. The predicted octanol–water partition coefficient (Wildman–Crippen LogP) is 3.07. The lowest BCUT2D eigenvalue weighted by molar-refractivity contribution is -0.105. The van der Waals surface area contributed by atoms with E-state index in [4.69, 9.17) is 4.74 Å². The summed E-state index contributed by atoms with van der Waals surface area (Å²) in [7, 11) is 1.53. The van der Waals surface area contributed by atoms with E-state index < -0.39 is 5.67 Å². The van der Waals surface area contributed by atoms with Crippen LogP contribution in [-0.2, 0) is 10.5 Å². The Hall–Kier alpha value is -2.96. The van der Waals surface area contributed by atoms with E-state index >= 15 is 4.39 Å². The zero-order valence-electron chi connectivity index (χ0n) is 15.4. The lowest BCUT2D eigenvalue weighted by atomic mass is 9.89. The number of carbonyl (C=O) groups is 2. The molecule has 0 radical (unpaired) electrons. The summed E-state index contributed by atoms with van der Waals surface area (Å²) < 4.78 is 20.4. The van der Waals surface area contributed by atoms with E-state index in [0.29, 0.717) is 42.2 Å². The predicted molar refractivity (Wildman–Crippen MR) is 99.6 cm³/mol. The zero-order chi connectivity index (χ0) is 19.4. The molecule has 1 saturated heterocycles. The van der Waals surface area contributed by atoms with Crippen molar-refractivity contribution in [2.24, 2.45) is 0 Å². The molecule has 0 atom stereocenters. The van der Waals surface area contributed by atoms with Gasteiger partial charge in [0.25, 0.3) is 5.91 Å². The van der Waals surface area contributed by atoms with E-state index in [2.05, 4.69) is 10.3 Å². The van der Waals surface area contributed by atoms with Crippen molar-refractivity contribution in [2.45, 2.75) is 25.4 Å². The maximum Gasteiger partial charge on any atom is 0.253 e. The molecular formula is C20H22FN3O3. The van der Waals surface area contributed by atoms with Crippen LogP contribution >= 0.6 is 0 Å². The molecule has 0 spiro atoms. The molecule has 7 heteroatoms. The first-order valence-corrected chi connectivity index (χ1v) is 8.76. The third-order valence-electron chi connectivity index (χ3n) is 4.97. The number of anilines is 1. The highest BCUT2D eigenvalue weighted by atomic mass is 19.1. The summed E-state index contributed by atoms with van der Waals surface area (Å²) in [5, 5.41) is 2.59. The monoisotopic (exact) mass is 371 g/mol. The third kappa shape index (κ3) is 3.92. The number of amides is 2. The van der Waals surface area contributed by atoms with Crippen LogP contribution in [0.25, 0.3) is 0 Å². The first-order chi connectivity index (χ1) is 13.0. The molecule has 2 heterocycles. The molecule has 27 heavy (non-hydrogen) atoms. The van der Waals surface area contributed by atoms with Crippen molar-refractivity contribution in [1.29, 1.82) is 0 Å². The van der Waals surface area contributed by atoms with Crippen LogP contribution in [0.4, 0.5) is 10.1 Å². The number of halogens is 1. The lowest BCUT2D eigenvalue weighted by Crippen LogP contribution is -2.43. The third-order valence-corrected chi connectivity index (χ3v) is 4.97. The van der Waals surface area contributed by atoms with E-state index in [9.17, 15) is 9.59 Å². The highest BCUT2D eigenvalue weighted by molar-refractivity contribution is 5.96. The molecular weight excluding hydrogens is 349 g/mol. The number of ether oxygens (including phenoxy) is 1. The Balaban J connectivity index is 1.70. The minimum atomic E-state index is -1.55. The molecule has 1 aromatic carbocycles. The van der Waals surface area contributed by atoms with E-state index in [-0.39, 0.29) is 18.7 Å². The van der Waals surface area contributed by atoms with Gasteiger partial charge in [0.15, 0.2) is 5.67 Å². The summed E-state index contributed by atoms with van der Waals surface area (Å²) in [6, 6.07) is 8.47. The average molecular weight is 371 g/mol. The number of nitrogens with zero attached hydrogens (tertiary/aromatic N) is 2. The number of likely N-dealkylation sites (tertiary alicyclic amines) is 1. The Labute approximate surface area is 157 Å². The molecule has 142 valence electrons. The maximum absolute atomic E-state index is 15.3. The summed E-state index contributed by atoms with van der Waals surface area (Å²) in [5.74, 6) is 0.405. The summed E-state index contributed by atoms with van der Waals surface area (Å²) in [4.78, 5) is 29.3. The van der Waals surface area contributed by atoms with Crippen LogP contribution in [0.5, 0.6) is 5.75 Å². The Morgan fingerprint density at radius 3 is 2.63 bits per heavy atom. The quantitative estimate of drug-likeness (QED) is 0.820. The zero-order valence-corrected chi connectivity index (χ0v) is 15.4. The standard InChI is InChI=1S/C20H22FN3O3/c1-14-3-4-15(11-17(14)23-13-25)19(26)24-9-7-20(21,8-10-24)18-6-5-16(27-2)12-22-18/h3-6,11-13H,7-10H2,1-2H3,(H,23,25). The van der Waals surface area contributed by atoms with Crippen molar-refractivity contribution >= 4 is 18.0 Å². The van der Waals surface area contributed by atoms with Crippen LogP contribution in [0, 0.1) is 6.92 Å². The number of methoxy groups -OCH3 is 1. The summed E-state index contributed by atoms with van der Waals surface area (Å²) >= 11 is 0. The number of hydrogen-bond donors (Lipinski definition) is 1. The van der Waals surface area contributed by atoms with E-state index in [1.807, 2.05) is 6.92 Å². The average Bonchev–Trinajstić information content (AvgIpc) is 2.70. The molecule has 1 fully saturated rings. The first-order valence-electron chi connectivity index (χ1n) is 8.76. The molecule has 1 N–H and O–H groups in total. The number of carbonyl (C=O) groups excluding carboxylic acids is 2. The summed E-state index contributed by atoms with van der Waals surface area (Å²) in [6.45, 7) is 2.45. The largest absolute Gasteiger partial charge is 0.495 e. The van der Waals surface area contributed by atoms with Gasteiger partial charge in [-0.2, -0.15) is 0 Å². The fourth-order valence-corrected chi connectivity index (χ4v) is 3.24. The highest BCUT2D eigenvalue weighted by Gasteiger charge is 2.39. The minimum Gasteiger partial charge on any atom is -0.495 e. The molecule has 1 aliphatic rings. The van der Waals surface area contributed by atoms with Crippen LogP contribution in [0.2, 0.25) is 0 Å². The number of benzene rings is 1. The number of rotatable bonds is 5. The number of hydrogen-bond acceptors (Lipinski definition) is 4. The lowest BCUT2D eigenvalue weighted by Gasteiger charge is -2.36. The van der Waals surface area contributed by atoms with Gasteiger partial charge >= 0.3 is 0 Å². The number of aromatic nitrogens is 1. The molecule has 1 aromatic heterocycles. The van der Waals surface area contributed by atoms with Crippen molar-refractivity contribution in [3.8, 4) is 5.75 Å². The Kier molecular flexibility index (Phi) is 5.39. The first kappa shape index (κ1) is 18.8. The van der Waals surface area contributed by atoms with Gasteiger partial charge < -0.3 is 15.0 Å². The summed E-state index contributed by atoms with van der Waals surface area (Å²) in [5.41, 5.74) is 0.739. The second-order valence-electron chi connectivity index (χ2n) is 6.63. The fraction of sp³-hybridized carbons (Fsp3) is 0.350. The van der Waals surface area contributed by atoms with E-state index in [0.717, 1.165) is 5.56 Å². The van der Waals surface area contributed by atoms with Gasteiger partial charge in [-0.25, -0.2) is 4.39 Å². The number of nitrogens with one attached hydrogen (secondary N) is 1. The van der Waals surface area contributed by atoms with Crippen LogP contribution in [0.1, 0.15) is 34.5 Å². The van der Waals surface area contributed by atoms with Crippen molar-refractivity contribution in [1.82, 2.24) is 9.88 Å². The Bertz CT molecular complexity index is 831. The highest BCUT2D eigenvalue weighted by Crippen LogP contribution is 2.36. The molecule has 2 amide bonds. The normalized spacial score (nSPS) is 15.9. The molecule has 6 nitrogen and oxygen atoms in total. The fourth-order valence-electron chi connectivity index (χ4n) is 3.24. The number of aryl methyl sites for hydroxylation is 1. The smallest absolute Gasteiger partial charge is 0.253 e. The van der Waals surface area contributed by atoms with Crippen LogP contribution in [0.15, 0.2) is 36.5 Å². The van der Waals surface area contributed by atoms with E-state index in [1.54, 1.807) is 35.2 Å². The molecule has 2 aromatic rings. The number of alkyl halides is 1. The van der Waals surface area contributed by atoms with Crippen LogP contribution in [-0.4, -0.2) is 42.4 Å². The van der Waals surface area contributed by atoms with Gasteiger partial charge in [0.05, 0.1) is 19.0 Å². The second kappa shape index (κ2) is 7.73. The SMILES string of the molecule is COc1ccc(C2(F)CCN(C(=O)c3ccc(C)c(NC=O)c3)CC2)nc1. The molecule has 0 unspecified atom stereocenters. The van der Waals surface area contributed by atoms with Crippen molar-refractivity contribution in [3.05, 3.63) is 53.3 Å². The second-order valence-corrected chi connectivity index (χ2v) is 6.63. The van der Waals surface area contributed by atoms with Gasteiger partial charge in [0.1, 0.15) is 5.75 Å². The Morgan fingerprint density at radius 2 is 2.04 bits per heavy atom. The van der Waals surface area contributed by atoms with Gasteiger partial charge in [0, 0.05) is 37.2 Å². The van der Waals surface area contributed by atoms with Gasteiger partial charge in [-0.15, -0.1) is 0 Å². The summed E-state index contributed by atoms with van der Waals surface area (Å²) in [6.07, 6.45) is 2.45. The maximum atomic E-state index is 15.3. The Morgan fingerprint density at radius 1 is 1.30 bits per heavy atom. The molecule has 1 aliphatic heterocycles. The van der Waals surface area contributed by atoms with Gasteiger partial charge in [-0.3, -0.25) is 14.6 Å². The van der Waals surface area contributed by atoms with Crippen molar-refractivity contribution in [3.63, 3.8) is 0 Å². The van der Waals surface area contributed by atoms with Gasteiger partial charge in [0.2, 0.25) is 6.41 Å². The molecule has 3 rings (SSSR count). The number of pyridine rings is 1. The van der Waals surface area contributed by atoms with E-state index in [1.165, 1.54) is 13.3 Å². The minimum absolute atomic E-state index is 0.173.